The minimum atomic E-state index is 0.00846. The maximum Gasteiger partial charge on any atom is 0.188 e. The molecule has 0 N–H and O–H groups in total. The number of aromatic nitrogens is 1. The molecular weight excluding hydrogens is 246 g/mol. The minimum Gasteiger partial charge on any atom is -0.496 e. The summed E-state index contributed by atoms with van der Waals surface area (Å²) in [6.45, 7) is 5.60. The molecule has 1 heterocycles. The van der Waals surface area contributed by atoms with Gasteiger partial charge in [0.2, 0.25) is 0 Å². The van der Waals surface area contributed by atoms with E-state index in [-0.39, 0.29) is 5.78 Å². The van der Waals surface area contributed by atoms with E-state index in [9.17, 15) is 4.79 Å². The van der Waals surface area contributed by atoms with Gasteiger partial charge < -0.3 is 4.74 Å². The summed E-state index contributed by atoms with van der Waals surface area (Å²) >= 11 is 1.39. The first-order valence-electron chi connectivity index (χ1n) is 5.65. The molecule has 0 aliphatic rings. The van der Waals surface area contributed by atoms with Crippen LogP contribution in [0.2, 0.25) is 0 Å². The zero-order valence-electron chi connectivity index (χ0n) is 10.9. The minimum absolute atomic E-state index is 0.00846. The number of Topliss-reactive ketones (excluding diaryl/α,β-unsaturated/α-hetero) is 1. The van der Waals surface area contributed by atoms with Crippen molar-refractivity contribution < 1.29 is 9.53 Å². The summed E-state index contributed by atoms with van der Waals surface area (Å²) in [7, 11) is 1.66. The van der Waals surface area contributed by atoms with Crippen molar-refractivity contribution in [2.45, 2.75) is 20.8 Å². The lowest BCUT2D eigenvalue weighted by atomic mass is 10.0. The molecule has 0 bridgehead atoms. The Morgan fingerprint density at radius 1 is 1.28 bits per heavy atom. The van der Waals surface area contributed by atoms with Crippen molar-refractivity contribution in [3.63, 3.8) is 0 Å². The summed E-state index contributed by atoms with van der Waals surface area (Å²) in [6, 6.07) is 3.92. The molecule has 3 nitrogen and oxygen atoms in total. The number of nitrogens with zero attached hydrogens (tertiary/aromatic N) is 1. The second-order valence-electron chi connectivity index (χ2n) is 4.16. The standard InChI is InChI=1S/C14H15NO2S/c1-8-9(2)13(17-4)6-5-11(8)12-7-18-14(15-12)10(3)16/h5-7H,1-4H3. The van der Waals surface area contributed by atoms with Crippen molar-refractivity contribution in [3.05, 3.63) is 33.6 Å². The number of methoxy groups -OCH3 is 1. The van der Waals surface area contributed by atoms with Gasteiger partial charge in [-0.2, -0.15) is 0 Å². The summed E-state index contributed by atoms with van der Waals surface area (Å²) in [5.41, 5.74) is 4.15. The summed E-state index contributed by atoms with van der Waals surface area (Å²) in [5.74, 6) is 0.882. The van der Waals surface area contributed by atoms with Gasteiger partial charge in [0.05, 0.1) is 12.8 Å². The molecule has 0 saturated carbocycles. The van der Waals surface area contributed by atoms with E-state index in [0.29, 0.717) is 5.01 Å². The van der Waals surface area contributed by atoms with Crippen molar-refractivity contribution in [1.82, 2.24) is 4.98 Å². The van der Waals surface area contributed by atoms with Crippen molar-refractivity contribution in [2.75, 3.05) is 7.11 Å². The number of ketones is 1. The van der Waals surface area contributed by atoms with Crippen LogP contribution in [0.4, 0.5) is 0 Å². The van der Waals surface area contributed by atoms with Crippen LogP contribution in [0.1, 0.15) is 27.9 Å². The van der Waals surface area contributed by atoms with E-state index in [0.717, 1.165) is 28.1 Å². The fourth-order valence-electron chi connectivity index (χ4n) is 1.85. The second-order valence-corrected chi connectivity index (χ2v) is 5.02. The van der Waals surface area contributed by atoms with Gasteiger partial charge in [0.25, 0.3) is 0 Å². The highest BCUT2D eigenvalue weighted by molar-refractivity contribution is 7.12. The quantitative estimate of drug-likeness (QED) is 0.792. The van der Waals surface area contributed by atoms with Crippen molar-refractivity contribution >= 4 is 17.1 Å². The lowest BCUT2D eigenvalue weighted by Gasteiger charge is -2.10. The van der Waals surface area contributed by atoms with Crippen LogP contribution in [0.25, 0.3) is 11.3 Å². The molecule has 0 amide bonds. The monoisotopic (exact) mass is 261 g/mol. The molecule has 0 atom stereocenters. The van der Waals surface area contributed by atoms with Crippen LogP contribution in [0.15, 0.2) is 17.5 Å². The average molecular weight is 261 g/mol. The SMILES string of the molecule is COc1ccc(-c2csc(C(C)=O)n2)c(C)c1C. The first-order chi connectivity index (χ1) is 8.54. The highest BCUT2D eigenvalue weighted by Crippen LogP contribution is 2.31. The highest BCUT2D eigenvalue weighted by Gasteiger charge is 2.12. The number of rotatable bonds is 3. The molecule has 0 saturated heterocycles. The van der Waals surface area contributed by atoms with E-state index in [1.807, 2.05) is 31.4 Å². The molecule has 1 aromatic carbocycles. The molecule has 18 heavy (non-hydrogen) atoms. The topological polar surface area (TPSA) is 39.2 Å². The Kier molecular flexibility index (Phi) is 3.48. The van der Waals surface area contributed by atoms with Gasteiger partial charge in [-0.1, -0.05) is 0 Å². The van der Waals surface area contributed by atoms with Crippen LogP contribution < -0.4 is 4.74 Å². The zero-order valence-corrected chi connectivity index (χ0v) is 11.7. The summed E-state index contributed by atoms with van der Waals surface area (Å²) in [6.07, 6.45) is 0. The van der Waals surface area contributed by atoms with E-state index in [1.54, 1.807) is 7.11 Å². The van der Waals surface area contributed by atoms with Crippen molar-refractivity contribution in [2.24, 2.45) is 0 Å². The van der Waals surface area contributed by atoms with Gasteiger partial charge in [-0.25, -0.2) is 4.98 Å². The Bertz CT molecular complexity index is 602. The van der Waals surface area contributed by atoms with Crippen LogP contribution in [0.3, 0.4) is 0 Å². The average Bonchev–Trinajstić information content (AvgIpc) is 2.82. The van der Waals surface area contributed by atoms with E-state index >= 15 is 0 Å². The molecule has 94 valence electrons. The number of thiazole rings is 1. The van der Waals surface area contributed by atoms with E-state index in [4.69, 9.17) is 4.74 Å². The van der Waals surface area contributed by atoms with E-state index in [1.165, 1.54) is 18.3 Å². The van der Waals surface area contributed by atoms with Crippen LogP contribution in [-0.2, 0) is 0 Å². The molecule has 2 aromatic rings. The van der Waals surface area contributed by atoms with Crippen molar-refractivity contribution in [3.8, 4) is 17.0 Å². The number of benzene rings is 1. The number of hydrogen-bond acceptors (Lipinski definition) is 4. The molecule has 0 radical (unpaired) electrons. The van der Waals surface area contributed by atoms with Crippen LogP contribution in [0, 0.1) is 13.8 Å². The number of carbonyl (C=O) groups excluding carboxylic acids is 1. The van der Waals surface area contributed by atoms with Crippen LogP contribution >= 0.6 is 11.3 Å². The predicted octanol–water partition coefficient (Wildman–Crippen LogP) is 3.64. The fourth-order valence-corrected chi connectivity index (χ4v) is 2.57. The van der Waals surface area contributed by atoms with Crippen LogP contribution in [0.5, 0.6) is 5.75 Å². The first-order valence-corrected chi connectivity index (χ1v) is 6.53. The Morgan fingerprint density at radius 3 is 2.56 bits per heavy atom. The molecule has 0 aliphatic carbocycles. The van der Waals surface area contributed by atoms with Crippen LogP contribution in [-0.4, -0.2) is 17.9 Å². The first kappa shape index (κ1) is 12.8. The molecular formula is C14H15NO2S. The smallest absolute Gasteiger partial charge is 0.188 e. The van der Waals surface area contributed by atoms with Gasteiger partial charge in [0.15, 0.2) is 10.8 Å². The molecule has 0 unspecified atom stereocenters. The number of hydrogen-bond donors (Lipinski definition) is 0. The second kappa shape index (κ2) is 4.90. The maximum absolute atomic E-state index is 11.3. The van der Waals surface area contributed by atoms with Gasteiger partial charge in [-0.3, -0.25) is 4.79 Å². The van der Waals surface area contributed by atoms with Gasteiger partial charge >= 0.3 is 0 Å². The molecule has 2 rings (SSSR count). The molecule has 0 fully saturated rings. The van der Waals surface area contributed by atoms with Gasteiger partial charge in [0.1, 0.15) is 5.75 Å². The zero-order chi connectivity index (χ0) is 13.3. The fraction of sp³-hybridized carbons (Fsp3) is 0.286. The Morgan fingerprint density at radius 2 is 2.00 bits per heavy atom. The highest BCUT2D eigenvalue weighted by atomic mass is 32.1. The Labute approximate surface area is 110 Å². The van der Waals surface area contributed by atoms with E-state index < -0.39 is 0 Å². The lowest BCUT2D eigenvalue weighted by molar-refractivity contribution is 0.101. The summed E-state index contributed by atoms with van der Waals surface area (Å²) in [5, 5.41) is 2.48. The number of ether oxygens (including phenoxy) is 1. The molecule has 1 aromatic heterocycles. The lowest BCUT2D eigenvalue weighted by Crippen LogP contribution is -1.94. The Balaban J connectivity index is 2.50. The van der Waals surface area contributed by atoms with Gasteiger partial charge in [-0.05, 0) is 37.1 Å². The molecule has 0 spiro atoms. The van der Waals surface area contributed by atoms with Gasteiger partial charge in [0, 0.05) is 17.9 Å². The molecule has 0 aliphatic heterocycles. The van der Waals surface area contributed by atoms with Crippen molar-refractivity contribution in [1.29, 1.82) is 0 Å². The predicted molar refractivity (Wildman–Crippen MR) is 73.6 cm³/mol. The maximum atomic E-state index is 11.3. The molecule has 4 heteroatoms. The van der Waals surface area contributed by atoms with Gasteiger partial charge in [-0.15, -0.1) is 11.3 Å². The third kappa shape index (κ3) is 2.16. The summed E-state index contributed by atoms with van der Waals surface area (Å²) < 4.78 is 5.29. The number of carbonyl (C=O) groups is 1. The normalized spacial score (nSPS) is 10.4. The van der Waals surface area contributed by atoms with E-state index in [2.05, 4.69) is 4.98 Å². The third-order valence-electron chi connectivity index (χ3n) is 3.04. The Hall–Kier alpha value is -1.68. The third-order valence-corrected chi connectivity index (χ3v) is 3.98. The largest absolute Gasteiger partial charge is 0.496 e. The summed E-state index contributed by atoms with van der Waals surface area (Å²) in [4.78, 5) is 15.6.